The van der Waals surface area contributed by atoms with Crippen molar-refractivity contribution in [3.05, 3.63) is 16.4 Å². The van der Waals surface area contributed by atoms with Gasteiger partial charge in [-0.25, -0.2) is 0 Å². The fraction of sp³-hybridized carbons (Fsp3) is 0.615. The zero-order chi connectivity index (χ0) is 15.6. The first-order valence-electron chi connectivity index (χ1n) is 6.79. The molecule has 0 radical (unpaired) electrons. The van der Waals surface area contributed by atoms with Gasteiger partial charge in [0.2, 0.25) is 0 Å². The number of carbonyl (C=O) groups excluding carboxylic acids is 1. The van der Waals surface area contributed by atoms with Crippen LogP contribution in [0.1, 0.15) is 29.4 Å². The molecule has 1 N–H and O–H groups in total. The Balaban J connectivity index is 2.16. The second-order valence-corrected chi connectivity index (χ2v) is 5.27. The summed E-state index contributed by atoms with van der Waals surface area (Å²) in [7, 11) is 0. The molecular formula is C13H18ClN3O4. The van der Waals surface area contributed by atoms with Crippen LogP contribution < -0.4 is 0 Å². The number of aromatic nitrogens is 2. The third-order valence-corrected chi connectivity index (χ3v) is 3.79. The standard InChI is InChI=1S/C13H18ClN3O4/c1-3-17-12(14)11(8(2)15-17)13(20)16-4-5-21-9(7-16)6-10(18)19/h9H,3-7H2,1-2H3,(H,18,19)/t9-/m1/s1. The van der Waals surface area contributed by atoms with E-state index in [0.29, 0.717) is 36.1 Å². The molecule has 1 aromatic rings. The molecule has 0 aromatic carbocycles. The monoisotopic (exact) mass is 315 g/mol. The van der Waals surface area contributed by atoms with Crippen LogP contribution in [0.2, 0.25) is 5.15 Å². The highest BCUT2D eigenvalue weighted by molar-refractivity contribution is 6.33. The van der Waals surface area contributed by atoms with Crippen molar-refractivity contribution in [3.63, 3.8) is 0 Å². The number of carboxylic acids is 1. The molecule has 7 nitrogen and oxygen atoms in total. The van der Waals surface area contributed by atoms with Crippen molar-refractivity contribution in [2.24, 2.45) is 0 Å². The number of nitrogens with zero attached hydrogens (tertiary/aromatic N) is 3. The minimum absolute atomic E-state index is 0.120. The highest BCUT2D eigenvalue weighted by Gasteiger charge is 2.30. The molecular weight excluding hydrogens is 298 g/mol. The number of hydrogen-bond donors (Lipinski definition) is 1. The summed E-state index contributed by atoms with van der Waals surface area (Å²) < 4.78 is 6.93. The smallest absolute Gasteiger partial charge is 0.306 e. The average Bonchev–Trinajstić information content (AvgIpc) is 2.72. The lowest BCUT2D eigenvalue weighted by atomic mass is 10.1. The van der Waals surface area contributed by atoms with Gasteiger partial charge < -0.3 is 14.7 Å². The van der Waals surface area contributed by atoms with Crippen molar-refractivity contribution < 1.29 is 19.4 Å². The van der Waals surface area contributed by atoms with Gasteiger partial charge >= 0.3 is 5.97 Å². The number of carbonyl (C=O) groups is 2. The molecule has 1 fully saturated rings. The maximum absolute atomic E-state index is 12.6. The van der Waals surface area contributed by atoms with E-state index in [1.165, 1.54) is 0 Å². The van der Waals surface area contributed by atoms with Crippen LogP contribution in [0.5, 0.6) is 0 Å². The zero-order valence-corrected chi connectivity index (χ0v) is 12.8. The Morgan fingerprint density at radius 3 is 2.81 bits per heavy atom. The van der Waals surface area contributed by atoms with Crippen molar-refractivity contribution in [3.8, 4) is 0 Å². The topological polar surface area (TPSA) is 84.7 Å². The zero-order valence-electron chi connectivity index (χ0n) is 12.0. The van der Waals surface area contributed by atoms with Crippen LogP contribution in [0.4, 0.5) is 0 Å². The predicted molar refractivity (Wildman–Crippen MR) is 75.5 cm³/mol. The van der Waals surface area contributed by atoms with E-state index in [-0.39, 0.29) is 18.9 Å². The quantitative estimate of drug-likeness (QED) is 0.902. The molecule has 0 spiro atoms. The van der Waals surface area contributed by atoms with Gasteiger partial charge in [0.1, 0.15) is 5.15 Å². The number of amides is 1. The molecule has 1 saturated heterocycles. The molecule has 2 heterocycles. The summed E-state index contributed by atoms with van der Waals surface area (Å²) in [5.41, 5.74) is 0.961. The predicted octanol–water partition coefficient (Wildman–Crippen LogP) is 1.18. The normalized spacial score (nSPS) is 18.8. The molecule has 8 heteroatoms. The van der Waals surface area contributed by atoms with Crippen LogP contribution in [0.15, 0.2) is 0 Å². The Hall–Kier alpha value is -1.60. The fourth-order valence-corrected chi connectivity index (χ4v) is 2.76. The highest BCUT2D eigenvalue weighted by Crippen LogP contribution is 2.23. The van der Waals surface area contributed by atoms with Crippen molar-refractivity contribution in [2.45, 2.75) is 32.9 Å². The Bertz CT molecular complexity index is 558. The van der Waals surface area contributed by atoms with Crippen LogP contribution in [-0.4, -0.2) is 57.5 Å². The van der Waals surface area contributed by atoms with Gasteiger partial charge in [-0.05, 0) is 13.8 Å². The molecule has 0 bridgehead atoms. The number of hydrogen-bond acceptors (Lipinski definition) is 4. The Morgan fingerprint density at radius 2 is 2.24 bits per heavy atom. The number of rotatable bonds is 4. The maximum atomic E-state index is 12.6. The van der Waals surface area contributed by atoms with Crippen LogP contribution in [0.25, 0.3) is 0 Å². The van der Waals surface area contributed by atoms with E-state index in [1.54, 1.807) is 16.5 Å². The molecule has 0 aliphatic carbocycles. The van der Waals surface area contributed by atoms with E-state index in [2.05, 4.69) is 5.10 Å². The lowest BCUT2D eigenvalue weighted by Gasteiger charge is -2.32. The molecule has 1 amide bonds. The summed E-state index contributed by atoms with van der Waals surface area (Å²) in [6.45, 7) is 5.20. The number of aliphatic carboxylic acids is 1. The summed E-state index contributed by atoms with van der Waals surface area (Å²) in [4.78, 5) is 24.9. The van der Waals surface area contributed by atoms with Crippen LogP contribution >= 0.6 is 11.6 Å². The Labute approximate surface area is 127 Å². The van der Waals surface area contributed by atoms with Crippen LogP contribution in [-0.2, 0) is 16.1 Å². The number of aryl methyl sites for hydroxylation is 2. The minimum Gasteiger partial charge on any atom is -0.481 e. The highest BCUT2D eigenvalue weighted by atomic mass is 35.5. The second-order valence-electron chi connectivity index (χ2n) is 4.91. The van der Waals surface area contributed by atoms with Crippen molar-refractivity contribution in [1.29, 1.82) is 0 Å². The van der Waals surface area contributed by atoms with E-state index in [9.17, 15) is 9.59 Å². The largest absolute Gasteiger partial charge is 0.481 e. The van der Waals surface area contributed by atoms with Gasteiger partial charge in [-0.1, -0.05) is 11.6 Å². The van der Waals surface area contributed by atoms with E-state index < -0.39 is 12.1 Å². The van der Waals surface area contributed by atoms with Gasteiger partial charge in [0.25, 0.3) is 5.91 Å². The van der Waals surface area contributed by atoms with Crippen molar-refractivity contribution in [2.75, 3.05) is 19.7 Å². The maximum Gasteiger partial charge on any atom is 0.306 e. The molecule has 1 aromatic heterocycles. The van der Waals surface area contributed by atoms with E-state index in [0.717, 1.165) is 0 Å². The van der Waals surface area contributed by atoms with Gasteiger partial charge in [-0.3, -0.25) is 14.3 Å². The SMILES string of the molecule is CCn1nc(C)c(C(=O)N2CCO[C@H](CC(=O)O)C2)c1Cl. The summed E-state index contributed by atoms with van der Waals surface area (Å²) in [5, 5.41) is 13.4. The van der Waals surface area contributed by atoms with Crippen molar-refractivity contribution in [1.82, 2.24) is 14.7 Å². The first kappa shape index (κ1) is 15.8. The number of carboxylic acid groups (broad SMARTS) is 1. The third kappa shape index (κ3) is 3.36. The minimum atomic E-state index is -0.942. The van der Waals surface area contributed by atoms with Crippen LogP contribution in [0.3, 0.4) is 0 Å². The summed E-state index contributed by atoms with van der Waals surface area (Å²) in [6, 6.07) is 0. The Kier molecular flexibility index (Phi) is 4.84. The van der Waals surface area contributed by atoms with Gasteiger partial charge in [-0.15, -0.1) is 0 Å². The van der Waals surface area contributed by atoms with Gasteiger partial charge in [0.15, 0.2) is 0 Å². The van der Waals surface area contributed by atoms with Gasteiger partial charge in [0.05, 0.1) is 30.4 Å². The van der Waals surface area contributed by atoms with Crippen molar-refractivity contribution >= 4 is 23.5 Å². The summed E-state index contributed by atoms with van der Waals surface area (Å²) in [5.74, 6) is -1.17. The average molecular weight is 316 g/mol. The molecule has 1 atom stereocenters. The molecule has 116 valence electrons. The third-order valence-electron chi connectivity index (χ3n) is 3.41. The Morgan fingerprint density at radius 1 is 1.52 bits per heavy atom. The molecule has 0 saturated carbocycles. The fourth-order valence-electron chi connectivity index (χ4n) is 2.39. The van der Waals surface area contributed by atoms with E-state index in [1.807, 2.05) is 6.92 Å². The van der Waals surface area contributed by atoms with E-state index in [4.69, 9.17) is 21.4 Å². The number of halogens is 1. The molecule has 1 aliphatic heterocycles. The number of ether oxygens (including phenoxy) is 1. The molecule has 2 rings (SSSR count). The molecule has 0 unspecified atom stereocenters. The summed E-state index contributed by atoms with van der Waals surface area (Å²) >= 11 is 6.19. The van der Waals surface area contributed by atoms with Gasteiger partial charge in [0, 0.05) is 19.6 Å². The lowest BCUT2D eigenvalue weighted by molar-refractivity contribution is -0.141. The lowest BCUT2D eigenvalue weighted by Crippen LogP contribution is -2.46. The summed E-state index contributed by atoms with van der Waals surface area (Å²) in [6.07, 6.45) is -0.606. The second kappa shape index (κ2) is 6.44. The molecule has 1 aliphatic rings. The first-order chi connectivity index (χ1) is 9.93. The number of morpholine rings is 1. The first-order valence-corrected chi connectivity index (χ1v) is 7.17. The van der Waals surface area contributed by atoms with E-state index >= 15 is 0 Å². The van der Waals surface area contributed by atoms with Gasteiger partial charge in [-0.2, -0.15) is 5.10 Å². The van der Waals surface area contributed by atoms with Crippen LogP contribution in [0, 0.1) is 6.92 Å². The molecule has 21 heavy (non-hydrogen) atoms.